The van der Waals surface area contributed by atoms with Gasteiger partial charge in [-0.15, -0.1) is 0 Å². The average Bonchev–Trinajstić information content (AvgIpc) is 0.918. The molecule has 2 unspecified atom stereocenters. The molecule has 0 fully saturated rings. The number of rotatable bonds is 79. The molecule has 0 saturated carbocycles. The van der Waals surface area contributed by atoms with E-state index in [2.05, 4.69) is 101 Å². The molecular weight excluding hydrogens is 1350 g/mol. The third-order valence-electron chi connectivity index (χ3n) is 17.9. The Hall–Kier alpha value is -3.76. The fourth-order valence-corrected chi connectivity index (χ4v) is 13.1. The number of aliphatic hydroxyl groups is 1. The Labute approximate surface area is 634 Å². The second-order valence-electron chi connectivity index (χ2n) is 28.1. The van der Waals surface area contributed by atoms with Crippen molar-refractivity contribution in [3.05, 3.63) is 85.1 Å². The average molecular weight is 1510 g/mol. The quantitative estimate of drug-likeness (QED) is 0.0169. The van der Waals surface area contributed by atoms with Crippen molar-refractivity contribution in [2.24, 2.45) is 0 Å². The van der Waals surface area contributed by atoms with Gasteiger partial charge in [-0.25, -0.2) is 9.13 Å². The highest BCUT2D eigenvalue weighted by molar-refractivity contribution is 7.47. The second kappa shape index (κ2) is 77.4. The van der Waals surface area contributed by atoms with Crippen LogP contribution in [0.2, 0.25) is 0 Å². The second-order valence-corrected chi connectivity index (χ2v) is 31.0. The summed E-state index contributed by atoms with van der Waals surface area (Å²) in [6.07, 6.45) is 81.3. The molecule has 0 aliphatic carbocycles. The van der Waals surface area contributed by atoms with E-state index in [0.717, 1.165) is 122 Å². The van der Waals surface area contributed by atoms with Gasteiger partial charge in [0.25, 0.3) is 0 Å². The predicted octanol–water partition coefficient (Wildman–Crippen LogP) is 24.6. The van der Waals surface area contributed by atoms with Crippen molar-refractivity contribution in [1.29, 1.82) is 0 Å². The van der Waals surface area contributed by atoms with Crippen LogP contribution in [0.5, 0.6) is 0 Å². The van der Waals surface area contributed by atoms with Crippen molar-refractivity contribution >= 4 is 39.5 Å². The van der Waals surface area contributed by atoms with Gasteiger partial charge < -0.3 is 33.8 Å². The first-order valence-electron chi connectivity index (χ1n) is 41.8. The van der Waals surface area contributed by atoms with Gasteiger partial charge in [0.2, 0.25) is 0 Å². The van der Waals surface area contributed by atoms with E-state index in [9.17, 15) is 43.2 Å². The first-order chi connectivity index (χ1) is 50.7. The SMILES string of the molecule is CC/C=C\C/C=C\C/C=C\C/C=C\C/C=C\C/C=C\CCC(=O)OC[C@H](COP(=O)(O)OC[C@@H](O)COP(=O)(O)OC[C@@H](COC(=O)CCCCCCCCC/C=C\CCCCCC)OC(=O)CCCCCCCCCCCCCCCCC)OC(=O)CCCCCCCCCCCCCCCCC. The van der Waals surface area contributed by atoms with Gasteiger partial charge >= 0.3 is 39.5 Å². The van der Waals surface area contributed by atoms with Crippen LogP contribution in [0, 0.1) is 0 Å². The zero-order chi connectivity index (χ0) is 76.0. The number of carbonyl (C=O) groups is 4. The summed E-state index contributed by atoms with van der Waals surface area (Å²) in [5.74, 6) is -2.24. The number of unbranched alkanes of at least 4 members (excludes halogenated alkanes) is 39. The minimum atomic E-state index is -4.99. The molecule has 0 aromatic carbocycles. The molecule has 0 rings (SSSR count). The monoisotopic (exact) mass is 1510 g/mol. The van der Waals surface area contributed by atoms with Crippen LogP contribution >= 0.6 is 15.6 Å². The van der Waals surface area contributed by atoms with Gasteiger partial charge in [-0.05, 0) is 89.9 Å². The highest BCUT2D eigenvalue weighted by atomic mass is 31.2. The summed E-state index contributed by atoms with van der Waals surface area (Å²) < 4.78 is 68.7. The lowest BCUT2D eigenvalue weighted by Crippen LogP contribution is -2.30. The van der Waals surface area contributed by atoms with Crippen molar-refractivity contribution in [3.8, 4) is 0 Å². The molecule has 3 N–H and O–H groups in total. The molecule has 0 saturated heterocycles. The number of aliphatic hydroxyl groups excluding tert-OH is 1. The van der Waals surface area contributed by atoms with Crippen LogP contribution in [0.25, 0.3) is 0 Å². The number of esters is 4. The largest absolute Gasteiger partial charge is 0.472 e. The molecule has 0 amide bonds. The summed E-state index contributed by atoms with van der Waals surface area (Å²) >= 11 is 0. The molecule has 19 heteroatoms. The Balaban J connectivity index is 5.39. The molecule has 104 heavy (non-hydrogen) atoms. The third kappa shape index (κ3) is 76.4. The fourth-order valence-electron chi connectivity index (χ4n) is 11.5. The summed E-state index contributed by atoms with van der Waals surface area (Å²) in [6.45, 7) is 4.75. The molecule has 0 aromatic rings. The number of allylic oxidation sites excluding steroid dienone is 14. The Morgan fingerprint density at radius 2 is 0.519 bits per heavy atom. The van der Waals surface area contributed by atoms with Crippen molar-refractivity contribution < 1.29 is 80.2 Å². The van der Waals surface area contributed by atoms with Crippen molar-refractivity contribution in [2.75, 3.05) is 39.6 Å². The Morgan fingerprint density at radius 1 is 0.279 bits per heavy atom. The highest BCUT2D eigenvalue weighted by Gasteiger charge is 2.30. The predicted molar refractivity (Wildman–Crippen MR) is 427 cm³/mol. The van der Waals surface area contributed by atoms with E-state index >= 15 is 0 Å². The summed E-state index contributed by atoms with van der Waals surface area (Å²) in [6, 6.07) is 0. The molecule has 604 valence electrons. The van der Waals surface area contributed by atoms with Gasteiger partial charge in [-0.3, -0.25) is 37.3 Å². The van der Waals surface area contributed by atoms with Gasteiger partial charge in [0.05, 0.1) is 26.4 Å². The first kappa shape index (κ1) is 100. The van der Waals surface area contributed by atoms with Gasteiger partial charge in [0, 0.05) is 25.7 Å². The minimum absolute atomic E-state index is 0.0395. The highest BCUT2D eigenvalue weighted by Crippen LogP contribution is 2.45. The summed E-state index contributed by atoms with van der Waals surface area (Å²) in [5, 5.41) is 10.7. The molecule has 0 spiro atoms. The van der Waals surface area contributed by atoms with Gasteiger partial charge in [0.1, 0.15) is 19.3 Å². The van der Waals surface area contributed by atoms with Crippen LogP contribution in [-0.2, 0) is 65.4 Å². The molecule has 0 radical (unpaired) electrons. The van der Waals surface area contributed by atoms with E-state index < -0.39 is 97.5 Å². The van der Waals surface area contributed by atoms with Crippen molar-refractivity contribution in [1.82, 2.24) is 0 Å². The van der Waals surface area contributed by atoms with E-state index in [1.54, 1.807) is 0 Å². The molecular formula is C85H152O17P2. The molecule has 0 heterocycles. The van der Waals surface area contributed by atoms with Crippen LogP contribution < -0.4 is 0 Å². The third-order valence-corrected chi connectivity index (χ3v) is 19.8. The molecule has 0 aliphatic heterocycles. The van der Waals surface area contributed by atoms with E-state index in [0.29, 0.717) is 32.1 Å². The molecule has 0 aromatic heterocycles. The summed E-state index contributed by atoms with van der Waals surface area (Å²) in [7, 11) is -9.97. The number of phosphoric ester groups is 2. The first-order valence-corrected chi connectivity index (χ1v) is 44.8. The lowest BCUT2D eigenvalue weighted by molar-refractivity contribution is -0.161. The van der Waals surface area contributed by atoms with Crippen LogP contribution in [0.3, 0.4) is 0 Å². The normalized spacial score (nSPS) is 14.3. The van der Waals surface area contributed by atoms with Crippen LogP contribution in [0.4, 0.5) is 0 Å². The minimum Gasteiger partial charge on any atom is -0.462 e. The summed E-state index contributed by atoms with van der Waals surface area (Å²) in [4.78, 5) is 73.1. The topological polar surface area (TPSA) is 237 Å². The molecule has 0 bridgehead atoms. The summed E-state index contributed by atoms with van der Waals surface area (Å²) in [5.41, 5.74) is 0. The Bertz CT molecular complexity index is 2300. The number of phosphoric acid groups is 2. The van der Waals surface area contributed by atoms with E-state index in [4.69, 9.17) is 37.0 Å². The van der Waals surface area contributed by atoms with Crippen molar-refractivity contribution in [2.45, 2.75) is 393 Å². The van der Waals surface area contributed by atoms with E-state index in [1.807, 2.05) is 12.2 Å². The standard InChI is InChI=1S/C85H152O17P2/c1-5-9-13-17-21-25-29-33-37-38-39-40-44-46-50-54-58-62-66-70-83(88)96-76-81(102-85(90)72-68-64-60-56-52-48-43-36-32-28-24-20-16-12-8-4)78-100-104(93,94)98-74-79(86)73-97-103(91,92)99-77-80(101-84(89)71-67-63-59-55-51-47-42-35-31-27-23-19-15-11-7-3)75-95-82(87)69-65-61-57-53-49-45-41-34-30-26-22-18-14-10-6-2/h9,13,21,25-26,30,33,37,39-40,46,50,58,62,79-81,86H,5-8,10-12,14-20,22-24,27-29,31-32,34-36,38,41-45,47-49,51-57,59-61,63-78H2,1-4H3,(H,91,92)(H,93,94)/b13-9-,25-21-,30-26-,37-33-,40-39-,50-46-,62-58-/t79-,80+,81+/m0/s1. The number of carbonyl (C=O) groups excluding carboxylic acids is 4. The molecule has 5 atom stereocenters. The maximum Gasteiger partial charge on any atom is 0.472 e. The number of hydrogen-bond acceptors (Lipinski definition) is 15. The fraction of sp³-hybridized carbons (Fsp3) is 0.788. The molecule has 0 aliphatic rings. The maximum absolute atomic E-state index is 13.1. The van der Waals surface area contributed by atoms with E-state index in [-0.39, 0.29) is 25.7 Å². The Kier molecular flexibility index (Phi) is 74.6. The lowest BCUT2D eigenvalue weighted by atomic mass is 10.0. The van der Waals surface area contributed by atoms with Crippen molar-refractivity contribution in [3.63, 3.8) is 0 Å². The van der Waals surface area contributed by atoms with Crippen LogP contribution in [-0.4, -0.2) is 96.7 Å². The number of ether oxygens (including phenoxy) is 4. The maximum atomic E-state index is 13.1. The lowest BCUT2D eigenvalue weighted by Gasteiger charge is -2.21. The van der Waals surface area contributed by atoms with Gasteiger partial charge in [-0.1, -0.05) is 344 Å². The van der Waals surface area contributed by atoms with Gasteiger partial charge in [-0.2, -0.15) is 0 Å². The zero-order valence-corrected chi connectivity index (χ0v) is 68.0. The smallest absolute Gasteiger partial charge is 0.462 e. The Morgan fingerprint density at radius 3 is 0.837 bits per heavy atom. The van der Waals surface area contributed by atoms with Gasteiger partial charge in [0.15, 0.2) is 12.2 Å². The van der Waals surface area contributed by atoms with E-state index in [1.165, 1.54) is 167 Å². The van der Waals surface area contributed by atoms with Crippen LogP contribution in [0.1, 0.15) is 374 Å². The zero-order valence-electron chi connectivity index (χ0n) is 66.2. The van der Waals surface area contributed by atoms with Crippen LogP contribution in [0.15, 0.2) is 85.1 Å². The molecule has 17 nitrogen and oxygen atoms in total. The number of hydrogen-bond donors (Lipinski definition) is 3.